The van der Waals surface area contributed by atoms with Crippen molar-refractivity contribution in [2.45, 2.75) is 6.92 Å². The van der Waals surface area contributed by atoms with E-state index in [9.17, 15) is 4.79 Å². The summed E-state index contributed by atoms with van der Waals surface area (Å²) in [5, 5.41) is 5.75. The van der Waals surface area contributed by atoms with Crippen molar-refractivity contribution in [3.63, 3.8) is 0 Å². The number of rotatable bonds is 9. The molecule has 2 N–H and O–H groups in total. The molecule has 0 aliphatic heterocycles. The highest BCUT2D eigenvalue weighted by Crippen LogP contribution is 2.16. The number of nitrogens with zero attached hydrogens (tertiary/aromatic N) is 2. The maximum Gasteiger partial charge on any atom is 0.270 e. The van der Waals surface area contributed by atoms with E-state index in [-0.39, 0.29) is 5.91 Å². The maximum atomic E-state index is 12.0. The zero-order valence-electron chi connectivity index (χ0n) is 14.4. The van der Waals surface area contributed by atoms with Crippen molar-refractivity contribution >= 4 is 11.9 Å². The normalized spacial score (nSPS) is 10.0. The van der Waals surface area contributed by atoms with Gasteiger partial charge in [0, 0.05) is 12.2 Å². The van der Waals surface area contributed by atoms with E-state index in [0.29, 0.717) is 37.0 Å². The van der Waals surface area contributed by atoms with Gasteiger partial charge in [-0.3, -0.25) is 4.79 Å². The number of amides is 1. The molecule has 132 valence electrons. The van der Waals surface area contributed by atoms with Gasteiger partial charge in [-0.2, -0.15) is 0 Å². The second-order valence-corrected chi connectivity index (χ2v) is 5.17. The Kier molecular flexibility index (Phi) is 6.76. The van der Waals surface area contributed by atoms with Crippen LogP contribution in [-0.4, -0.2) is 42.7 Å². The number of ether oxygens (including phenoxy) is 2. The first kappa shape index (κ1) is 18.3. The zero-order valence-corrected chi connectivity index (χ0v) is 14.4. The third-order valence-corrected chi connectivity index (χ3v) is 3.21. The molecule has 0 unspecified atom stereocenters. The van der Waals surface area contributed by atoms with Gasteiger partial charge in [-0.05, 0) is 37.3 Å². The molecule has 7 heteroatoms. The minimum Gasteiger partial charge on any atom is -0.497 e. The Morgan fingerprint density at radius 3 is 2.64 bits per heavy atom. The fourth-order valence-corrected chi connectivity index (χ4v) is 2.02. The maximum absolute atomic E-state index is 12.0. The van der Waals surface area contributed by atoms with E-state index in [1.807, 2.05) is 31.2 Å². The average molecular weight is 342 g/mol. The van der Waals surface area contributed by atoms with Gasteiger partial charge in [0.05, 0.1) is 13.7 Å². The monoisotopic (exact) mass is 342 g/mol. The molecule has 0 saturated heterocycles. The van der Waals surface area contributed by atoms with Crippen LogP contribution in [0.15, 0.2) is 43.0 Å². The third kappa shape index (κ3) is 5.80. The largest absolute Gasteiger partial charge is 0.497 e. The fourth-order valence-electron chi connectivity index (χ4n) is 2.02. The van der Waals surface area contributed by atoms with Crippen LogP contribution in [0.5, 0.6) is 11.5 Å². The van der Waals surface area contributed by atoms with Gasteiger partial charge in [0.1, 0.15) is 23.8 Å². The van der Waals surface area contributed by atoms with Crippen LogP contribution in [-0.2, 0) is 0 Å². The second kappa shape index (κ2) is 9.27. The van der Waals surface area contributed by atoms with E-state index < -0.39 is 0 Å². The molecule has 2 rings (SSSR count). The molecule has 1 aromatic heterocycles. The molecular formula is C18H22N4O3. The highest BCUT2D eigenvalue weighted by atomic mass is 16.5. The summed E-state index contributed by atoms with van der Waals surface area (Å²) >= 11 is 0. The molecule has 0 spiro atoms. The molecule has 1 aromatic carbocycles. The van der Waals surface area contributed by atoms with Gasteiger partial charge in [-0.1, -0.05) is 6.08 Å². The molecule has 25 heavy (non-hydrogen) atoms. The van der Waals surface area contributed by atoms with Crippen molar-refractivity contribution in [3.05, 3.63) is 54.4 Å². The molecule has 1 heterocycles. The molecule has 1 amide bonds. The minimum atomic E-state index is -0.261. The number of carbonyl (C=O) groups excluding carboxylic acids is 1. The van der Waals surface area contributed by atoms with Gasteiger partial charge in [0.2, 0.25) is 5.95 Å². The van der Waals surface area contributed by atoms with Crippen LogP contribution in [0.4, 0.5) is 5.95 Å². The lowest BCUT2D eigenvalue weighted by atomic mass is 10.3. The number of hydrogen-bond acceptors (Lipinski definition) is 6. The molecule has 2 aromatic rings. The molecule has 0 aliphatic carbocycles. The van der Waals surface area contributed by atoms with Crippen LogP contribution >= 0.6 is 0 Å². The van der Waals surface area contributed by atoms with E-state index >= 15 is 0 Å². The lowest BCUT2D eigenvalue weighted by Gasteiger charge is -2.10. The quantitative estimate of drug-likeness (QED) is 0.537. The lowest BCUT2D eigenvalue weighted by molar-refractivity contribution is 0.0953. The van der Waals surface area contributed by atoms with Crippen molar-refractivity contribution in [2.24, 2.45) is 0 Å². The van der Waals surface area contributed by atoms with E-state index in [1.165, 1.54) is 0 Å². The topological polar surface area (TPSA) is 85.4 Å². The highest BCUT2D eigenvalue weighted by molar-refractivity contribution is 5.92. The molecule has 0 atom stereocenters. The van der Waals surface area contributed by atoms with Crippen LogP contribution < -0.4 is 20.1 Å². The van der Waals surface area contributed by atoms with Crippen LogP contribution in [0.3, 0.4) is 0 Å². The number of anilines is 1. The summed E-state index contributed by atoms with van der Waals surface area (Å²) < 4.78 is 10.7. The van der Waals surface area contributed by atoms with Gasteiger partial charge in [-0.15, -0.1) is 6.58 Å². The van der Waals surface area contributed by atoms with Gasteiger partial charge in [-0.25, -0.2) is 9.97 Å². The lowest BCUT2D eigenvalue weighted by Crippen LogP contribution is -2.25. The van der Waals surface area contributed by atoms with E-state index in [1.54, 1.807) is 19.3 Å². The third-order valence-electron chi connectivity index (χ3n) is 3.21. The summed E-state index contributed by atoms with van der Waals surface area (Å²) in [6, 6.07) is 8.98. The van der Waals surface area contributed by atoms with Gasteiger partial charge >= 0.3 is 0 Å². The molecule has 0 fully saturated rings. The average Bonchev–Trinajstić information content (AvgIpc) is 2.63. The Hall–Kier alpha value is -3.09. The Bertz CT molecular complexity index is 717. The molecule has 7 nitrogen and oxygen atoms in total. The number of carbonyl (C=O) groups is 1. The van der Waals surface area contributed by atoms with Gasteiger partial charge in [0.15, 0.2) is 0 Å². The second-order valence-electron chi connectivity index (χ2n) is 5.17. The molecular weight excluding hydrogens is 320 g/mol. The van der Waals surface area contributed by atoms with Crippen LogP contribution in [0.25, 0.3) is 0 Å². The molecule has 0 saturated carbocycles. The van der Waals surface area contributed by atoms with Crippen molar-refractivity contribution in [3.8, 4) is 11.5 Å². The number of nitrogens with one attached hydrogen (secondary N) is 2. The van der Waals surface area contributed by atoms with Crippen LogP contribution in [0.2, 0.25) is 0 Å². The predicted octanol–water partition coefficient (Wildman–Crippen LogP) is 2.20. The van der Waals surface area contributed by atoms with Gasteiger partial charge in [0.25, 0.3) is 5.91 Å². The fraction of sp³-hybridized carbons (Fsp3) is 0.278. The first-order valence-corrected chi connectivity index (χ1v) is 7.88. The Morgan fingerprint density at radius 1 is 1.24 bits per heavy atom. The zero-order chi connectivity index (χ0) is 18.1. The first-order valence-electron chi connectivity index (χ1n) is 7.88. The van der Waals surface area contributed by atoms with E-state index in [2.05, 4.69) is 27.2 Å². The summed E-state index contributed by atoms with van der Waals surface area (Å²) in [5.74, 6) is 1.66. The Labute approximate surface area is 147 Å². The molecule has 0 aliphatic rings. The summed E-state index contributed by atoms with van der Waals surface area (Å²) in [6.07, 6.45) is 1.61. The summed E-state index contributed by atoms with van der Waals surface area (Å²) in [4.78, 5) is 20.4. The summed E-state index contributed by atoms with van der Waals surface area (Å²) in [5.41, 5.74) is 1.02. The van der Waals surface area contributed by atoms with E-state index in [0.717, 1.165) is 11.5 Å². The number of aromatic nitrogens is 2. The summed E-state index contributed by atoms with van der Waals surface area (Å²) in [7, 11) is 1.62. The summed E-state index contributed by atoms with van der Waals surface area (Å²) in [6.45, 7) is 6.70. The molecule has 0 bridgehead atoms. The SMILES string of the molecule is C=CCNC(=O)c1cc(C)nc(NCCOc2ccc(OC)cc2)n1. The standard InChI is InChI=1S/C18H22N4O3/c1-4-9-19-17(23)16-12-13(2)21-18(22-16)20-10-11-25-15-7-5-14(24-3)6-8-15/h4-8,12H,1,9-11H2,2-3H3,(H,19,23)(H,20,21,22). The van der Waals surface area contributed by atoms with Crippen molar-refractivity contribution in [2.75, 3.05) is 32.1 Å². The van der Waals surface area contributed by atoms with Crippen molar-refractivity contribution in [1.82, 2.24) is 15.3 Å². The smallest absolute Gasteiger partial charge is 0.270 e. The van der Waals surface area contributed by atoms with Crippen molar-refractivity contribution < 1.29 is 14.3 Å². The number of hydrogen-bond donors (Lipinski definition) is 2. The Balaban J connectivity index is 1.86. The first-order chi connectivity index (χ1) is 12.1. The Morgan fingerprint density at radius 2 is 1.96 bits per heavy atom. The van der Waals surface area contributed by atoms with E-state index in [4.69, 9.17) is 9.47 Å². The number of aryl methyl sites for hydroxylation is 1. The number of benzene rings is 1. The van der Waals surface area contributed by atoms with Crippen molar-refractivity contribution in [1.29, 1.82) is 0 Å². The minimum absolute atomic E-state index is 0.261. The van der Waals surface area contributed by atoms with Crippen LogP contribution in [0, 0.1) is 6.92 Å². The number of methoxy groups -OCH3 is 1. The van der Waals surface area contributed by atoms with Gasteiger partial charge < -0.3 is 20.1 Å². The predicted molar refractivity (Wildman–Crippen MR) is 96.3 cm³/mol. The van der Waals surface area contributed by atoms with Crippen LogP contribution in [0.1, 0.15) is 16.2 Å². The molecule has 0 radical (unpaired) electrons. The highest BCUT2D eigenvalue weighted by Gasteiger charge is 2.09.